The second kappa shape index (κ2) is 6.54. The van der Waals surface area contributed by atoms with Gasteiger partial charge in [-0.25, -0.2) is 0 Å². The molecule has 1 saturated heterocycles. The summed E-state index contributed by atoms with van der Waals surface area (Å²) in [6.45, 7) is 4.08. The number of aliphatic hydroxyl groups is 1. The van der Waals surface area contributed by atoms with Crippen LogP contribution in [0.25, 0.3) is 0 Å². The summed E-state index contributed by atoms with van der Waals surface area (Å²) in [7, 11) is 0. The van der Waals surface area contributed by atoms with Gasteiger partial charge in [-0.1, -0.05) is 0 Å². The van der Waals surface area contributed by atoms with Gasteiger partial charge in [-0.15, -0.1) is 0 Å². The molecule has 0 bridgehead atoms. The van der Waals surface area contributed by atoms with Gasteiger partial charge in [-0.05, 0) is 50.9 Å². The van der Waals surface area contributed by atoms with Gasteiger partial charge in [0.15, 0.2) is 11.5 Å². The fourth-order valence-corrected chi connectivity index (χ4v) is 2.91. The molecule has 0 aliphatic carbocycles. The van der Waals surface area contributed by atoms with Crippen LogP contribution in [0.3, 0.4) is 0 Å². The highest BCUT2D eigenvalue weighted by Gasteiger charge is 2.26. The molecule has 0 aromatic heterocycles. The Morgan fingerprint density at radius 3 is 2.82 bits per heavy atom. The molecule has 22 heavy (non-hydrogen) atoms. The zero-order chi connectivity index (χ0) is 15.5. The summed E-state index contributed by atoms with van der Waals surface area (Å²) < 4.78 is 10.6. The number of aliphatic hydroxyl groups excluding tert-OH is 1. The summed E-state index contributed by atoms with van der Waals surface area (Å²) in [6, 6.07) is 5.21. The summed E-state index contributed by atoms with van der Waals surface area (Å²) in [6.07, 6.45) is 1.89. The lowest BCUT2D eigenvalue weighted by molar-refractivity contribution is -0.121. The van der Waals surface area contributed by atoms with Gasteiger partial charge in [-0.3, -0.25) is 9.69 Å². The van der Waals surface area contributed by atoms with Crippen molar-refractivity contribution in [1.29, 1.82) is 0 Å². The van der Waals surface area contributed by atoms with E-state index in [9.17, 15) is 9.90 Å². The Labute approximate surface area is 130 Å². The first-order valence-corrected chi connectivity index (χ1v) is 7.73. The molecule has 2 N–H and O–H groups in total. The predicted molar refractivity (Wildman–Crippen MR) is 82.0 cm³/mol. The van der Waals surface area contributed by atoms with E-state index in [0.717, 1.165) is 25.9 Å². The van der Waals surface area contributed by atoms with Crippen LogP contribution in [0.1, 0.15) is 19.8 Å². The van der Waals surface area contributed by atoms with Crippen LogP contribution < -0.4 is 14.8 Å². The second-order valence-electron chi connectivity index (χ2n) is 5.90. The number of carbonyl (C=O) groups excluding carboxylic acids is 1. The maximum atomic E-state index is 12.4. The van der Waals surface area contributed by atoms with Gasteiger partial charge in [0.25, 0.3) is 0 Å². The molecular weight excluding hydrogens is 284 g/mol. The number of likely N-dealkylation sites (tertiary alicyclic amines) is 1. The molecule has 1 atom stereocenters. The van der Waals surface area contributed by atoms with E-state index in [-0.39, 0.29) is 25.3 Å². The molecule has 2 heterocycles. The molecule has 0 spiro atoms. The Kier molecular flexibility index (Phi) is 4.49. The zero-order valence-corrected chi connectivity index (χ0v) is 12.7. The Morgan fingerprint density at radius 1 is 1.36 bits per heavy atom. The number of carbonyl (C=O) groups is 1. The normalized spacial score (nSPS) is 19.9. The van der Waals surface area contributed by atoms with Crippen LogP contribution in [0, 0.1) is 5.92 Å². The summed E-state index contributed by atoms with van der Waals surface area (Å²) in [5, 5.41) is 12.1. The Morgan fingerprint density at radius 2 is 2.09 bits per heavy atom. The van der Waals surface area contributed by atoms with Gasteiger partial charge in [0.2, 0.25) is 12.7 Å². The average Bonchev–Trinajstić information content (AvgIpc) is 3.02. The number of ether oxygens (including phenoxy) is 2. The van der Waals surface area contributed by atoms with Crippen molar-refractivity contribution in [1.82, 2.24) is 4.90 Å². The molecule has 2 aliphatic heterocycles. The van der Waals surface area contributed by atoms with Crippen molar-refractivity contribution in [3.05, 3.63) is 18.2 Å². The third kappa shape index (κ3) is 3.18. The SMILES string of the molecule is C[C@@H](C(=O)Nc1ccc2c(c1)OCO2)N1CCC(CO)CC1. The van der Waals surface area contributed by atoms with Gasteiger partial charge in [0, 0.05) is 18.4 Å². The number of hydrogen-bond donors (Lipinski definition) is 2. The number of nitrogens with one attached hydrogen (secondary N) is 1. The van der Waals surface area contributed by atoms with Gasteiger partial charge in [0.05, 0.1) is 6.04 Å². The van der Waals surface area contributed by atoms with Gasteiger partial charge in [0.1, 0.15) is 0 Å². The largest absolute Gasteiger partial charge is 0.454 e. The fraction of sp³-hybridized carbons (Fsp3) is 0.562. The fourth-order valence-electron chi connectivity index (χ4n) is 2.91. The van der Waals surface area contributed by atoms with E-state index in [1.165, 1.54) is 0 Å². The minimum atomic E-state index is -0.190. The highest BCUT2D eigenvalue weighted by molar-refractivity contribution is 5.94. The van der Waals surface area contributed by atoms with E-state index in [4.69, 9.17) is 9.47 Å². The Balaban J connectivity index is 1.57. The molecule has 0 radical (unpaired) electrons. The summed E-state index contributed by atoms with van der Waals surface area (Å²) in [5.74, 6) is 1.72. The summed E-state index contributed by atoms with van der Waals surface area (Å²) in [4.78, 5) is 14.5. The maximum absolute atomic E-state index is 12.4. The molecule has 3 rings (SSSR count). The van der Waals surface area contributed by atoms with E-state index in [2.05, 4.69) is 10.2 Å². The minimum absolute atomic E-state index is 0.0266. The second-order valence-corrected chi connectivity index (χ2v) is 5.90. The van der Waals surface area contributed by atoms with Crippen molar-refractivity contribution in [2.24, 2.45) is 5.92 Å². The molecule has 0 saturated carbocycles. The van der Waals surface area contributed by atoms with Crippen LogP contribution in [0.2, 0.25) is 0 Å². The number of fused-ring (bicyclic) bond motifs is 1. The first-order valence-electron chi connectivity index (χ1n) is 7.73. The predicted octanol–water partition coefficient (Wildman–Crippen LogP) is 1.45. The molecule has 1 fully saturated rings. The van der Waals surface area contributed by atoms with E-state index in [0.29, 0.717) is 23.1 Å². The molecule has 6 nitrogen and oxygen atoms in total. The average molecular weight is 306 g/mol. The van der Waals surface area contributed by atoms with Gasteiger partial charge < -0.3 is 19.9 Å². The van der Waals surface area contributed by atoms with Crippen molar-refractivity contribution < 1.29 is 19.4 Å². The van der Waals surface area contributed by atoms with E-state index >= 15 is 0 Å². The van der Waals surface area contributed by atoms with E-state index in [1.807, 2.05) is 13.0 Å². The van der Waals surface area contributed by atoms with Crippen molar-refractivity contribution >= 4 is 11.6 Å². The number of nitrogens with zero attached hydrogens (tertiary/aromatic N) is 1. The first kappa shape index (κ1) is 15.1. The number of anilines is 1. The van der Waals surface area contributed by atoms with E-state index < -0.39 is 0 Å². The molecule has 1 amide bonds. The highest BCUT2D eigenvalue weighted by Crippen LogP contribution is 2.34. The van der Waals surface area contributed by atoms with Crippen LogP contribution in [0.5, 0.6) is 11.5 Å². The molecule has 120 valence electrons. The van der Waals surface area contributed by atoms with Gasteiger partial charge in [-0.2, -0.15) is 0 Å². The van der Waals surface area contributed by atoms with Crippen LogP contribution in [0.15, 0.2) is 18.2 Å². The standard InChI is InChI=1S/C16H22N2O4/c1-11(18-6-4-12(9-19)5-7-18)16(20)17-13-2-3-14-15(8-13)22-10-21-14/h2-3,8,11-12,19H,4-7,9-10H2,1H3,(H,17,20)/t11-/m0/s1. The topological polar surface area (TPSA) is 71.0 Å². The van der Waals surface area contributed by atoms with Crippen LogP contribution in [-0.4, -0.2) is 48.4 Å². The smallest absolute Gasteiger partial charge is 0.241 e. The van der Waals surface area contributed by atoms with Crippen LogP contribution in [-0.2, 0) is 4.79 Å². The molecular formula is C16H22N2O4. The highest BCUT2D eigenvalue weighted by atomic mass is 16.7. The molecule has 6 heteroatoms. The third-order valence-corrected chi connectivity index (χ3v) is 4.47. The third-order valence-electron chi connectivity index (χ3n) is 4.47. The number of benzene rings is 1. The van der Waals surface area contributed by atoms with Crippen LogP contribution in [0.4, 0.5) is 5.69 Å². The lowest BCUT2D eigenvalue weighted by Gasteiger charge is -2.34. The monoisotopic (exact) mass is 306 g/mol. The van der Waals surface area contributed by atoms with Crippen molar-refractivity contribution in [2.75, 3.05) is 31.8 Å². The van der Waals surface area contributed by atoms with Crippen molar-refractivity contribution in [3.63, 3.8) is 0 Å². The molecule has 1 aromatic carbocycles. The number of piperidine rings is 1. The Bertz CT molecular complexity index is 541. The quantitative estimate of drug-likeness (QED) is 0.881. The number of hydrogen-bond acceptors (Lipinski definition) is 5. The van der Waals surface area contributed by atoms with Crippen LogP contribution >= 0.6 is 0 Å². The Hall–Kier alpha value is -1.79. The molecule has 2 aliphatic rings. The maximum Gasteiger partial charge on any atom is 0.241 e. The summed E-state index contributed by atoms with van der Waals surface area (Å²) in [5.41, 5.74) is 0.714. The number of rotatable bonds is 4. The lowest BCUT2D eigenvalue weighted by atomic mass is 9.97. The van der Waals surface area contributed by atoms with Gasteiger partial charge >= 0.3 is 0 Å². The number of amides is 1. The molecule has 1 aromatic rings. The van der Waals surface area contributed by atoms with E-state index in [1.54, 1.807) is 12.1 Å². The summed E-state index contributed by atoms with van der Waals surface area (Å²) >= 11 is 0. The van der Waals surface area contributed by atoms with Crippen molar-refractivity contribution in [2.45, 2.75) is 25.8 Å². The minimum Gasteiger partial charge on any atom is -0.454 e. The zero-order valence-electron chi connectivity index (χ0n) is 12.7. The molecule has 0 unspecified atom stereocenters. The van der Waals surface area contributed by atoms with Crippen molar-refractivity contribution in [3.8, 4) is 11.5 Å². The first-order chi connectivity index (χ1) is 10.7. The lowest BCUT2D eigenvalue weighted by Crippen LogP contribution is -2.46.